The van der Waals surface area contributed by atoms with Gasteiger partial charge >= 0.3 is 0 Å². The number of carbonyl (C=O) groups excluding carboxylic acids is 1. The lowest BCUT2D eigenvalue weighted by molar-refractivity contribution is -0.135. The molecule has 1 unspecified atom stereocenters. The van der Waals surface area contributed by atoms with Gasteiger partial charge in [-0.3, -0.25) is 9.78 Å². The van der Waals surface area contributed by atoms with Crippen LogP contribution in [0.15, 0.2) is 24.5 Å². The van der Waals surface area contributed by atoms with E-state index in [1.165, 1.54) is 0 Å². The second-order valence-electron chi connectivity index (χ2n) is 5.12. The van der Waals surface area contributed by atoms with Crippen LogP contribution in [0.5, 0.6) is 5.75 Å². The Balaban J connectivity index is 1.58. The van der Waals surface area contributed by atoms with Crippen LogP contribution in [0.1, 0.15) is 25.7 Å². The van der Waals surface area contributed by atoms with E-state index >= 15 is 0 Å². The number of pyridine rings is 1. The molecule has 1 saturated heterocycles. The third kappa shape index (κ3) is 2.63. The van der Waals surface area contributed by atoms with E-state index in [4.69, 9.17) is 4.74 Å². The van der Waals surface area contributed by atoms with E-state index < -0.39 is 0 Å². The molecular formula is C14H18N2O2. The molecule has 0 bridgehead atoms. The van der Waals surface area contributed by atoms with E-state index in [0.717, 1.165) is 44.5 Å². The van der Waals surface area contributed by atoms with Crippen molar-refractivity contribution in [2.45, 2.75) is 31.8 Å². The van der Waals surface area contributed by atoms with Gasteiger partial charge in [-0.1, -0.05) is 0 Å². The highest BCUT2D eigenvalue weighted by Gasteiger charge is 2.35. The Kier molecular flexibility index (Phi) is 3.17. The van der Waals surface area contributed by atoms with Crippen molar-refractivity contribution in [3.8, 4) is 5.75 Å². The fourth-order valence-electron chi connectivity index (χ4n) is 2.43. The number of carbonyl (C=O) groups is 1. The minimum atomic E-state index is 0.129. The van der Waals surface area contributed by atoms with Crippen LogP contribution in [0.4, 0.5) is 0 Å². The normalized spacial score (nSPS) is 23.8. The Labute approximate surface area is 107 Å². The molecule has 96 valence electrons. The maximum Gasteiger partial charge on any atom is 0.225 e. The van der Waals surface area contributed by atoms with E-state index in [-0.39, 0.29) is 6.10 Å². The second kappa shape index (κ2) is 4.96. The van der Waals surface area contributed by atoms with Crippen LogP contribution in [-0.2, 0) is 4.79 Å². The first-order valence-corrected chi connectivity index (χ1v) is 6.68. The third-order valence-corrected chi connectivity index (χ3v) is 3.57. The predicted molar refractivity (Wildman–Crippen MR) is 67.2 cm³/mol. The zero-order valence-corrected chi connectivity index (χ0v) is 10.4. The van der Waals surface area contributed by atoms with Crippen LogP contribution in [0, 0.1) is 5.92 Å². The summed E-state index contributed by atoms with van der Waals surface area (Å²) in [5, 5.41) is 0. The van der Waals surface area contributed by atoms with Gasteiger partial charge in [-0.2, -0.15) is 0 Å². The molecule has 1 saturated carbocycles. The topological polar surface area (TPSA) is 42.4 Å². The van der Waals surface area contributed by atoms with Gasteiger partial charge in [-0.05, 0) is 37.8 Å². The van der Waals surface area contributed by atoms with E-state index in [9.17, 15) is 4.79 Å². The summed E-state index contributed by atoms with van der Waals surface area (Å²) < 4.78 is 5.90. The number of rotatable bonds is 3. The molecule has 2 fully saturated rings. The molecular weight excluding hydrogens is 228 g/mol. The molecule has 18 heavy (non-hydrogen) atoms. The maximum absolute atomic E-state index is 12.0. The summed E-state index contributed by atoms with van der Waals surface area (Å²) in [6.07, 6.45) is 7.79. The average Bonchev–Trinajstić information content (AvgIpc) is 3.24. The summed E-state index contributed by atoms with van der Waals surface area (Å²) in [7, 11) is 0. The van der Waals surface area contributed by atoms with Crippen molar-refractivity contribution in [1.29, 1.82) is 0 Å². The van der Waals surface area contributed by atoms with E-state index in [0.29, 0.717) is 11.8 Å². The summed E-state index contributed by atoms with van der Waals surface area (Å²) in [6, 6.07) is 3.73. The molecule has 0 radical (unpaired) electrons. The Hall–Kier alpha value is -1.58. The third-order valence-electron chi connectivity index (χ3n) is 3.57. The first kappa shape index (κ1) is 11.5. The molecule has 0 N–H and O–H groups in total. The SMILES string of the molecule is O=C(C1CC1)N1CCCC(Oc2ccncc2)C1. The molecule has 0 spiro atoms. The van der Waals surface area contributed by atoms with Crippen molar-refractivity contribution in [2.24, 2.45) is 5.92 Å². The molecule has 1 aromatic rings. The Morgan fingerprint density at radius 1 is 1.28 bits per heavy atom. The van der Waals surface area contributed by atoms with Gasteiger partial charge in [-0.25, -0.2) is 0 Å². The number of piperidine rings is 1. The lowest BCUT2D eigenvalue weighted by Gasteiger charge is -2.33. The van der Waals surface area contributed by atoms with Gasteiger partial charge < -0.3 is 9.64 Å². The summed E-state index contributed by atoms with van der Waals surface area (Å²) in [5.41, 5.74) is 0. The van der Waals surface area contributed by atoms with Crippen LogP contribution in [0.25, 0.3) is 0 Å². The van der Waals surface area contributed by atoms with Gasteiger partial charge in [0, 0.05) is 24.9 Å². The molecule has 3 rings (SSSR count). The van der Waals surface area contributed by atoms with Crippen LogP contribution in [0.2, 0.25) is 0 Å². The molecule has 2 heterocycles. The van der Waals surface area contributed by atoms with Gasteiger partial charge in [0.25, 0.3) is 0 Å². The van der Waals surface area contributed by atoms with Crippen molar-refractivity contribution in [3.05, 3.63) is 24.5 Å². The molecule has 1 aliphatic carbocycles. The predicted octanol–water partition coefficient (Wildman–Crippen LogP) is 1.86. The number of hydrogen-bond acceptors (Lipinski definition) is 3. The fourth-order valence-corrected chi connectivity index (χ4v) is 2.43. The summed E-state index contributed by atoms with van der Waals surface area (Å²) >= 11 is 0. The molecule has 2 aliphatic rings. The number of hydrogen-bond donors (Lipinski definition) is 0. The number of likely N-dealkylation sites (tertiary alicyclic amines) is 1. The number of amides is 1. The highest BCUT2D eigenvalue weighted by Crippen LogP contribution is 2.32. The molecule has 1 aliphatic heterocycles. The van der Waals surface area contributed by atoms with Gasteiger partial charge in [0.2, 0.25) is 5.91 Å². The molecule has 1 amide bonds. The second-order valence-corrected chi connectivity index (χ2v) is 5.12. The van der Waals surface area contributed by atoms with E-state index in [1.807, 2.05) is 17.0 Å². The first-order chi connectivity index (χ1) is 8.83. The Bertz CT molecular complexity index is 417. The van der Waals surface area contributed by atoms with Crippen LogP contribution < -0.4 is 4.74 Å². The average molecular weight is 246 g/mol. The highest BCUT2D eigenvalue weighted by atomic mass is 16.5. The Morgan fingerprint density at radius 3 is 2.78 bits per heavy atom. The maximum atomic E-state index is 12.0. The summed E-state index contributed by atoms with van der Waals surface area (Å²) in [5.74, 6) is 1.48. The summed E-state index contributed by atoms with van der Waals surface area (Å²) in [4.78, 5) is 18.0. The largest absolute Gasteiger partial charge is 0.488 e. The zero-order chi connectivity index (χ0) is 12.4. The lowest BCUT2D eigenvalue weighted by Crippen LogP contribution is -2.45. The minimum absolute atomic E-state index is 0.129. The summed E-state index contributed by atoms with van der Waals surface area (Å²) in [6.45, 7) is 1.63. The van der Waals surface area contributed by atoms with Gasteiger partial charge in [0.05, 0.1) is 6.54 Å². The van der Waals surface area contributed by atoms with Crippen molar-refractivity contribution in [1.82, 2.24) is 9.88 Å². The molecule has 1 atom stereocenters. The Morgan fingerprint density at radius 2 is 2.06 bits per heavy atom. The van der Waals surface area contributed by atoms with Crippen molar-refractivity contribution >= 4 is 5.91 Å². The quantitative estimate of drug-likeness (QED) is 0.817. The monoisotopic (exact) mass is 246 g/mol. The smallest absolute Gasteiger partial charge is 0.225 e. The standard InChI is InChI=1S/C14H18N2O2/c17-14(11-3-4-11)16-9-1-2-13(10-16)18-12-5-7-15-8-6-12/h5-8,11,13H,1-4,9-10H2. The zero-order valence-electron chi connectivity index (χ0n) is 10.4. The molecule has 0 aromatic carbocycles. The molecule has 4 heteroatoms. The van der Waals surface area contributed by atoms with Gasteiger partial charge in [-0.15, -0.1) is 0 Å². The minimum Gasteiger partial charge on any atom is -0.488 e. The number of ether oxygens (including phenoxy) is 1. The first-order valence-electron chi connectivity index (χ1n) is 6.68. The van der Waals surface area contributed by atoms with Crippen molar-refractivity contribution in [3.63, 3.8) is 0 Å². The van der Waals surface area contributed by atoms with Gasteiger partial charge in [0.15, 0.2) is 0 Å². The van der Waals surface area contributed by atoms with E-state index in [2.05, 4.69) is 4.98 Å². The van der Waals surface area contributed by atoms with Crippen LogP contribution in [-0.4, -0.2) is 35.0 Å². The lowest BCUT2D eigenvalue weighted by atomic mass is 10.1. The number of aromatic nitrogens is 1. The van der Waals surface area contributed by atoms with Crippen molar-refractivity contribution < 1.29 is 9.53 Å². The molecule has 4 nitrogen and oxygen atoms in total. The highest BCUT2D eigenvalue weighted by molar-refractivity contribution is 5.81. The van der Waals surface area contributed by atoms with Gasteiger partial charge in [0.1, 0.15) is 11.9 Å². The van der Waals surface area contributed by atoms with Crippen LogP contribution >= 0.6 is 0 Å². The van der Waals surface area contributed by atoms with Crippen molar-refractivity contribution in [2.75, 3.05) is 13.1 Å². The fraction of sp³-hybridized carbons (Fsp3) is 0.571. The number of nitrogens with zero attached hydrogens (tertiary/aromatic N) is 2. The van der Waals surface area contributed by atoms with E-state index in [1.54, 1.807) is 12.4 Å². The molecule has 1 aromatic heterocycles. The van der Waals surface area contributed by atoms with Crippen LogP contribution in [0.3, 0.4) is 0 Å².